The van der Waals surface area contributed by atoms with Crippen molar-refractivity contribution in [2.45, 2.75) is 77.1 Å². The minimum Gasteiger partial charge on any atom is -0.444 e. The predicted molar refractivity (Wildman–Crippen MR) is 182 cm³/mol. The number of fused-ring (bicyclic) bond motifs is 1. The van der Waals surface area contributed by atoms with E-state index < -0.39 is 11.5 Å². The Kier molecular flexibility index (Phi) is 9.69. The lowest BCUT2D eigenvalue weighted by Gasteiger charge is -2.40. The van der Waals surface area contributed by atoms with Crippen LogP contribution in [0.3, 0.4) is 0 Å². The van der Waals surface area contributed by atoms with Gasteiger partial charge in [0, 0.05) is 57.5 Å². The fourth-order valence-corrected chi connectivity index (χ4v) is 6.87. The van der Waals surface area contributed by atoms with Gasteiger partial charge in [-0.2, -0.15) is 0 Å². The van der Waals surface area contributed by atoms with Crippen molar-refractivity contribution in [2.75, 3.05) is 26.8 Å². The number of aryl methyl sites for hydroxylation is 1. The van der Waals surface area contributed by atoms with Gasteiger partial charge in [-0.15, -0.1) is 0 Å². The molecule has 8 heteroatoms. The van der Waals surface area contributed by atoms with Gasteiger partial charge in [-0.3, -0.25) is 4.79 Å². The zero-order valence-electron chi connectivity index (χ0n) is 28.0. The quantitative estimate of drug-likeness (QED) is 0.165. The molecule has 1 aliphatic carbocycles. The highest BCUT2D eigenvalue weighted by atomic mass is 19.1. The molecule has 2 atom stereocenters. The molecule has 6 rings (SSSR count). The van der Waals surface area contributed by atoms with Gasteiger partial charge in [0.15, 0.2) is 0 Å². The Balaban J connectivity index is 1.33. The van der Waals surface area contributed by atoms with Crippen molar-refractivity contribution >= 4 is 22.9 Å². The molecule has 7 nitrogen and oxygen atoms in total. The molecule has 1 aromatic heterocycles. The van der Waals surface area contributed by atoms with E-state index in [1.165, 1.54) is 6.07 Å². The van der Waals surface area contributed by atoms with Crippen molar-refractivity contribution < 1.29 is 23.5 Å². The van der Waals surface area contributed by atoms with Crippen LogP contribution in [0.4, 0.5) is 9.18 Å². The Morgan fingerprint density at radius 2 is 1.72 bits per heavy atom. The maximum Gasteiger partial charge on any atom is 0.410 e. The lowest BCUT2D eigenvalue weighted by molar-refractivity contribution is -0.139. The van der Waals surface area contributed by atoms with Gasteiger partial charge in [0.05, 0.1) is 11.4 Å². The highest BCUT2D eigenvalue weighted by Gasteiger charge is 2.43. The van der Waals surface area contributed by atoms with Crippen molar-refractivity contribution in [2.24, 2.45) is 5.92 Å². The lowest BCUT2D eigenvalue weighted by Crippen LogP contribution is -2.51. The number of halogens is 1. The SMILES string of the molecule is COCCCn1cc(CN(C(=O)[C@H]2CN(C(=O)OC(C)(C)C)CC[C@@H]2c2cccc(-c3ccccc3)c2)C2CC2)c2ccc(F)cc21. The van der Waals surface area contributed by atoms with E-state index in [0.717, 1.165) is 52.4 Å². The highest BCUT2D eigenvalue weighted by Crippen LogP contribution is 2.40. The molecule has 0 N–H and O–H groups in total. The number of benzene rings is 3. The second-order valence-corrected chi connectivity index (χ2v) is 14.0. The van der Waals surface area contributed by atoms with E-state index in [1.807, 2.05) is 49.9 Å². The van der Waals surface area contributed by atoms with E-state index in [9.17, 15) is 14.0 Å². The number of ether oxygens (including phenoxy) is 2. The molecule has 2 aliphatic rings. The molecular formula is C39H46FN3O4. The molecule has 0 bridgehead atoms. The number of rotatable bonds is 10. The Morgan fingerprint density at radius 3 is 2.45 bits per heavy atom. The summed E-state index contributed by atoms with van der Waals surface area (Å²) in [4.78, 5) is 31.9. The molecule has 47 heavy (non-hydrogen) atoms. The topological polar surface area (TPSA) is 64.0 Å². The van der Waals surface area contributed by atoms with Crippen LogP contribution in [0.15, 0.2) is 79.0 Å². The van der Waals surface area contributed by atoms with Gasteiger partial charge < -0.3 is 23.8 Å². The fourth-order valence-electron chi connectivity index (χ4n) is 6.87. The van der Waals surface area contributed by atoms with Gasteiger partial charge in [-0.25, -0.2) is 9.18 Å². The smallest absolute Gasteiger partial charge is 0.410 e. The molecule has 1 saturated carbocycles. The summed E-state index contributed by atoms with van der Waals surface area (Å²) in [5.41, 5.74) is 4.53. The summed E-state index contributed by atoms with van der Waals surface area (Å²) in [6.45, 7) is 8.14. The first-order valence-corrected chi connectivity index (χ1v) is 16.8. The average Bonchev–Trinajstić information content (AvgIpc) is 3.85. The standard InChI is InChI=1S/C39H46FN3O4/c1-39(2,3)47-38(45)42-20-18-33(29-13-8-12-28(22-29)27-10-6-5-7-11-27)35(26-42)37(44)43(32-15-16-32)25-30-24-41(19-9-21-46-4)36-23-31(40)14-17-34(30)36/h5-8,10-14,17,22-24,32-33,35H,9,15-16,18-21,25-26H2,1-4H3/t33-,35+/m1/s1. The summed E-state index contributed by atoms with van der Waals surface area (Å²) in [6.07, 6.45) is 5.04. The summed E-state index contributed by atoms with van der Waals surface area (Å²) in [6, 6.07) is 23.8. The highest BCUT2D eigenvalue weighted by molar-refractivity contribution is 5.86. The van der Waals surface area contributed by atoms with Crippen molar-refractivity contribution in [1.82, 2.24) is 14.4 Å². The molecule has 0 radical (unpaired) electrons. The van der Waals surface area contributed by atoms with Gasteiger partial charge in [0.25, 0.3) is 0 Å². The van der Waals surface area contributed by atoms with Gasteiger partial charge in [0.2, 0.25) is 5.91 Å². The first-order chi connectivity index (χ1) is 22.6. The van der Waals surface area contributed by atoms with Crippen molar-refractivity contribution in [3.05, 3.63) is 95.9 Å². The van der Waals surface area contributed by atoms with E-state index in [4.69, 9.17) is 9.47 Å². The van der Waals surface area contributed by atoms with Crippen LogP contribution >= 0.6 is 0 Å². The lowest BCUT2D eigenvalue weighted by atomic mass is 9.79. The summed E-state index contributed by atoms with van der Waals surface area (Å²) < 4.78 is 27.5. The second kappa shape index (κ2) is 13.9. The van der Waals surface area contributed by atoms with Gasteiger partial charge in [-0.05, 0) is 92.8 Å². The Labute approximate surface area is 277 Å². The zero-order valence-corrected chi connectivity index (χ0v) is 28.0. The van der Waals surface area contributed by atoms with Crippen molar-refractivity contribution in [3.63, 3.8) is 0 Å². The molecular weight excluding hydrogens is 593 g/mol. The molecule has 2 amide bonds. The summed E-state index contributed by atoms with van der Waals surface area (Å²) in [5, 5.41) is 0.952. The largest absolute Gasteiger partial charge is 0.444 e. The first kappa shape index (κ1) is 32.8. The third kappa shape index (κ3) is 7.70. The van der Waals surface area contributed by atoms with Crippen LogP contribution < -0.4 is 0 Å². The molecule has 1 saturated heterocycles. The number of carbonyl (C=O) groups is 2. The number of likely N-dealkylation sites (tertiary alicyclic amines) is 1. The van der Waals surface area contributed by atoms with E-state index in [2.05, 4.69) is 47.2 Å². The average molecular weight is 640 g/mol. The van der Waals surface area contributed by atoms with E-state index in [1.54, 1.807) is 18.1 Å². The Hall–Kier alpha value is -4.17. The van der Waals surface area contributed by atoms with Gasteiger partial charge in [0.1, 0.15) is 11.4 Å². The molecule has 1 aliphatic heterocycles. The molecule has 4 aromatic rings. The minimum atomic E-state index is -0.631. The molecule has 0 unspecified atom stereocenters. The van der Waals surface area contributed by atoms with Crippen LogP contribution in [0, 0.1) is 11.7 Å². The van der Waals surface area contributed by atoms with Crippen molar-refractivity contribution in [1.29, 1.82) is 0 Å². The number of nitrogens with zero attached hydrogens (tertiary/aromatic N) is 3. The van der Waals surface area contributed by atoms with Crippen LogP contribution in [0.25, 0.3) is 22.0 Å². The summed E-state index contributed by atoms with van der Waals surface area (Å²) in [7, 11) is 1.68. The first-order valence-electron chi connectivity index (χ1n) is 16.8. The van der Waals surface area contributed by atoms with Crippen LogP contribution in [0.5, 0.6) is 0 Å². The van der Waals surface area contributed by atoms with Crippen LogP contribution in [-0.4, -0.2) is 64.8 Å². The number of carbonyl (C=O) groups excluding carboxylic acids is 2. The third-order valence-corrected chi connectivity index (χ3v) is 9.29. The van der Waals surface area contributed by atoms with Gasteiger partial charge >= 0.3 is 6.09 Å². The molecule has 2 heterocycles. The monoisotopic (exact) mass is 639 g/mol. The maximum atomic E-state index is 14.8. The summed E-state index contributed by atoms with van der Waals surface area (Å²) in [5.74, 6) is -0.723. The van der Waals surface area contributed by atoms with Crippen LogP contribution in [0.1, 0.15) is 63.5 Å². The third-order valence-electron chi connectivity index (χ3n) is 9.29. The van der Waals surface area contributed by atoms with Crippen LogP contribution in [0.2, 0.25) is 0 Å². The Bertz CT molecular complexity index is 1710. The number of hydrogen-bond acceptors (Lipinski definition) is 4. The van der Waals surface area contributed by atoms with E-state index in [-0.39, 0.29) is 29.8 Å². The molecule has 248 valence electrons. The fraction of sp³-hybridized carbons (Fsp3) is 0.436. The number of aromatic nitrogens is 1. The minimum absolute atomic E-state index is 0.0540. The van der Waals surface area contributed by atoms with Crippen LogP contribution in [-0.2, 0) is 27.4 Å². The van der Waals surface area contributed by atoms with E-state index >= 15 is 0 Å². The predicted octanol–water partition coefficient (Wildman–Crippen LogP) is 8.02. The number of hydrogen-bond donors (Lipinski definition) is 0. The number of methoxy groups -OCH3 is 1. The van der Waals surface area contributed by atoms with Crippen molar-refractivity contribution in [3.8, 4) is 11.1 Å². The number of piperidine rings is 1. The zero-order chi connectivity index (χ0) is 33.1. The Morgan fingerprint density at radius 1 is 0.957 bits per heavy atom. The second-order valence-electron chi connectivity index (χ2n) is 14.0. The maximum absolute atomic E-state index is 14.8. The molecule has 3 aromatic carbocycles. The van der Waals surface area contributed by atoms with Gasteiger partial charge in [-0.1, -0.05) is 54.6 Å². The van der Waals surface area contributed by atoms with E-state index in [0.29, 0.717) is 39.2 Å². The molecule has 2 fully saturated rings. The summed E-state index contributed by atoms with van der Waals surface area (Å²) >= 11 is 0. The normalized spacial score (nSPS) is 18.4. The molecule has 0 spiro atoms. The number of amides is 2.